The molecule has 1 aromatic carbocycles. The average Bonchev–Trinajstić information content (AvgIpc) is 2.70. The number of nitrogens with zero attached hydrogens (tertiary/aromatic N) is 1. The topological polar surface area (TPSA) is 57.8 Å². The van der Waals surface area contributed by atoms with E-state index < -0.39 is 0 Å². The van der Waals surface area contributed by atoms with Crippen molar-refractivity contribution in [2.24, 2.45) is 0 Å². The lowest BCUT2D eigenvalue weighted by molar-refractivity contribution is 0.0953. The molecule has 2 rings (SSSR count). The molecule has 0 radical (unpaired) electrons. The van der Waals surface area contributed by atoms with E-state index in [0.29, 0.717) is 6.54 Å². The lowest BCUT2D eigenvalue weighted by Gasteiger charge is -2.07. The molecule has 2 aromatic rings. The van der Waals surface area contributed by atoms with Crippen LogP contribution in [0, 0.1) is 20.8 Å². The van der Waals surface area contributed by atoms with Crippen molar-refractivity contribution in [2.45, 2.75) is 27.2 Å². The molecule has 0 saturated heterocycles. The minimum atomic E-state index is -0.0168. The monoisotopic (exact) mass is 257 g/mol. The predicted octanol–water partition coefficient (Wildman–Crippen LogP) is 2.31. The third kappa shape index (κ3) is 3.02. The van der Waals surface area contributed by atoms with E-state index in [-0.39, 0.29) is 5.91 Å². The normalized spacial score (nSPS) is 10.5. The molecular formula is C15H19N3O. The number of nitrogens with one attached hydrogen (secondary N) is 2. The molecule has 0 bridgehead atoms. The fourth-order valence-corrected chi connectivity index (χ4v) is 2.17. The second-order valence-electron chi connectivity index (χ2n) is 4.73. The number of aromatic nitrogens is 2. The summed E-state index contributed by atoms with van der Waals surface area (Å²) in [6, 6.07) is 7.61. The van der Waals surface area contributed by atoms with E-state index in [9.17, 15) is 4.79 Å². The predicted molar refractivity (Wildman–Crippen MR) is 75.3 cm³/mol. The van der Waals surface area contributed by atoms with E-state index in [1.807, 2.05) is 45.0 Å². The molecule has 1 amide bonds. The van der Waals surface area contributed by atoms with Gasteiger partial charge < -0.3 is 5.32 Å². The van der Waals surface area contributed by atoms with Crippen molar-refractivity contribution in [1.29, 1.82) is 0 Å². The molecule has 1 aromatic heterocycles. The van der Waals surface area contributed by atoms with Crippen LogP contribution in [0.15, 0.2) is 24.3 Å². The molecule has 0 atom stereocenters. The van der Waals surface area contributed by atoms with Crippen LogP contribution >= 0.6 is 0 Å². The lowest BCUT2D eigenvalue weighted by Crippen LogP contribution is -2.26. The molecule has 0 saturated carbocycles. The van der Waals surface area contributed by atoms with Crippen LogP contribution in [0.2, 0.25) is 0 Å². The Hall–Kier alpha value is -2.10. The van der Waals surface area contributed by atoms with E-state index in [4.69, 9.17) is 0 Å². The van der Waals surface area contributed by atoms with Crippen molar-refractivity contribution in [2.75, 3.05) is 6.54 Å². The van der Waals surface area contributed by atoms with Crippen LogP contribution in [-0.4, -0.2) is 22.6 Å². The van der Waals surface area contributed by atoms with Gasteiger partial charge in [-0.1, -0.05) is 18.2 Å². The summed E-state index contributed by atoms with van der Waals surface area (Å²) in [4.78, 5) is 12.0. The van der Waals surface area contributed by atoms with E-state index in [2.05, 4.69) is 15.5 Å². The molecule has 4 heteroatoms. The van der Waals surface area contributed by atoms with Gasteiger partial charge >= 0.3 is 0 Å². The summed E-state index contributed by atoms with van der Waals surface area (Å²) in [5, 5.41) is 10.1. The van der Waals surface area contributed by atoms with Gasteiger partial charge in [0.15, 0.2) is 0 Å². The van der Waals surface area contributed by atoms with Crippen LogP contribution < -0.4 is 5.32 Å². The summed E-state index contributed by atoms with van der Waals surface area (Å²) >= 11 is 0. The van der Waals surface area contributed by atoms with Gasteiger partial charge in [-0.05, 0) is 44.4 Å². The molecule has 19 heavy (non-hydrogen) atoms. The summed E-state index contributed by atoms with van der Waals surface area (Å²) in [7, 11) is 0. The summed E-state index contributed by atoms with van der Waals surface area (Å²) in [6.07, 6.45) is 0.797. The van der Waals surface area contributed by atoms with Gasteiger partial charge in [-0.3, -0.25) is 9.89 Å². The van der Waals surface area contributed by atoms with Gasteiger partial charge in [-0.2, -0.15) is 5.10 Å². The Morgan fingerprint density at radius 1 is 1.26 bits per heavy atom. The Kier molecular flexibility index (Phi) is 4.00. The minimum absolute atomic E-state index is 0.0168. The first-order valence-corrected chi connectivity index (χ1v) is 6.44. The first kappa shape index (κ1) is 13.3. The van der Waals surface area contributed by atoms with Gasteiger partial charge in [0.1, 0.15) is 0 Å². The number of rotatable bonds is 4. The quantitative estimate of drug-likeness (QED) is 0.883. The Morgan fingerprint density at radius 2 is 2.00 bits per heavy atom. The molecule has 0 aliphatic carbocycles. The van der Waals surface area contributed by atoms with Crippen LogP contribution in [0.5, 0.6) is 0 Å². The number of aryl methyl sites for hydroxylation is 3. The van der Waals surface area contributed by atoms with Crippen molar-refractivity contribution in [1.82, 2.24) is 15.5 Å². The van der Waals surface area contributed by atoms with Crippen molar-refractivity contribution < 1.29 is 4.79 Å². The largest absolute Gasteiger partial charge is 0.352 e. The zero-order chi connectivity index (χ0) is 13.8. The van der Waals surface area contributed by atoms with E-state index in [1.165, 1.54) is 5.56 Å². The molecule has 0 unspecified atom stereocenters. The maximum Gasteiger partial charge on any atom is 0.251 e. The molecule has 0 spiro atoms. The number of H-pyrrole nitrogens is 1. The average molecular weight is 257 g/mol. The van der Waals surface area contributed by atoms with Crippen LogP contribution in [0.4, 0.5) is 0 Å². The molecule has 4 nitrogen and oxygen atoms in total. The highest BCUT2D eigenvalue weighted by Gasteiger charge is 2.09. The number of carbonyl (C=O) groups is 1. The third-order valence-electron chi connectivity index (χ3n) is 3.33. The van der Waals surface area contributed by atoms with E-state index in [1.54, 1.807) is 0 Å². The molecule has 0 aliphatic heterocycles. The number of carbonyl (C=O) groups excluding carboxylic acids is 1. The molecular weight excluding hydrogens is 238 g/mol. The van der Waals surface area contributed by atoms with Crippen LogP contribution in [0.25, 0.3) is 0 Å². The Labute approximate surface area is 113 Å². The first-order valence-electron chi connectivity index (χ1n) is 6.44. The maximum absolute atomic E-state index is 12.0. The minimum Gasteiger partial charge on any atom is -0.352 e. The van der Waals surface area contributed by atoms with Crippen LogP contribution in [0.3, 0.4) is 0 Å². The summed E-state index contributed by atoms with van der Waals surface area (Å²) in [5.74, 6) is -0.0168. The van der Waals surface area contributed by atoms with Crippen molar-refractivity contribution in [3.05, 3.63) is 52.3 Å². The van der Waals surface area contributed by atoms with Gasteiger partial charge in [0.05, 0.1) is 5.69 Å². The Balaban J connectivity index is 1.93. The van der Waals surface area contributed by atoms with E-state index in [0.717, 1.165) is 28.9 Å². The smallest absolute Gasteiger partial charge is 0.251 e. The fraction of sp³-hybridized carbons (Fsp3) is 0.333. The van der Waals surface area contributed by atoms with Gasteiger partial charge in [0.2, 0.25) is 0 Å². The zero-order valence-electron chi connectivity index (χ0n) is 11.6. The number of benzene rings is 1. The highest BCUT2D eigenvalue weighted by Crippen LogP contribution is 2.10. The SMILES string of the molecule is Cc1ccccc1C(=O)NCCc1c(C)n[nH]c1C. The molecule has 0 aliphatic rings. The molecule has 2 N–H and O–H groups in total. The van der Waals surface area contributed by atoms with E-state index >= 15 is 0 Å². The summed E-state index contributed by atoms with van der Waals surface area (Å²) in [5.41, 5.74) is 4.99. The van der Waals surface area contributed by atoms with Gasteiger partial charge in [-0.15, -0.1) is 0 Å². The highest BCUT2D eigenvalue weighted by atomic mass is 16.1. The number of hydrogen-bond donors (Lipinski definition) is 2. The van der Waals surface area contributed by atoms with Crippen molar-refractivity contribution in [3.63, 3.8) is 0 Å². The molecule has 100 valence electrons. The zero-order valence-corrected chi connectivity index (χ0v) is 11.6. The summed E-state index contributed by atoms with van der Waals surface area (Å²) in [6.45, 7) is 6.54. The number of amides is 1. The Morgan fingerprint density at radius 3 is 2.63 bits per heavy atom. The second kappa shape index (κ2) is 5.69. The van der Waals surface area contributed by atoms with Gasteiger partial charge in [-0.25, -0.2) is 0 Å². The molecule has 0 fully saturated rings. The standard InChI is InChI=1S/C15H19N3O/c1-10-6-4-5-7-13(10)15(19)16-9-8-14-11(2)17-18-12(14)3/h4-7H,8-9H2,1-3H3,(H,16,19)(H,17,18). The first-order chi connectivity index (χ1) is 9.09. The summed E-state index contributed by atoms with van der Waals surface area (Å²) < 4.78 is 0. The van der Waals surface area contributed by atoms with Crippen LogP contribution in [-0.2, 0) is 6.42 Å². The van der Waals surface area contributed by atoms with Crippen LogP contribution in [0.1, 0.15) is 32.9 Å². The third-order valence-corrected chi connectivity index (χ3v) is 3.33. The Bertz CT molecular complexity index is 567. The maximum atomic E-state index is 12.0. The second-order valence-corrected chi connectivity index (χ2v) is 4.73. The van der Waals surface area contributed by atoms with Crippen molar-refractivity contribution in [3.8, 4) is 0 Å². The van der Waals surface area contributed by atoms with Gasteiger partial charge in [0.25, 0.3) is 5.91 Å². The lowest BCUT2D eigenvalue weighted by atomic mass is 10.1. The highest BCUT2D eigenvalue weighted by molar-refractivity contribution is 5.95. The number of aromatic amines is 1. The van der Waals surface area contributed by atoms with Gasteiger partial charge in [0, 0.05) is 17.8 Å². The fourth-order valence-electron chi connectivity index (χ4n) is 2.17. The molecule has 1 heterocycles. The van der Waals surface area contributed by atoms with Crippen molar-refractivity contribution >= 4 is 5.91 Å². The number of hydrogen-bond acceptors (Lipinski definition) is 2.